The fourth-order valence-electron chi connectivity index (χ4n) is 1.38. The molecular formula is C13H16O4. The van der Waals surface area contributed by atoms with Crippen LogP contribution in [0.3, 0.4) is 0 Å². The highest BCUT2D eigenvalue weighted by Crippen LogP contribution is 2.18. The molecule has 1 rings (SSSR count). The van der Waals surface area contributed by atoms with Gasteiger partial charge in [0.1, 0.15) is 5.75 Å². The van der Waals surface area contributed by atoms with Crippen LogP contribution in [0, 0.1) is 0 Å². The van der Waals surface area contributed by atoms with Crippen LogP contribution in [0.4, 0.5) is 0 Å². The molecule has 0 saturated carbocycles. The van der Waals surface area contributed by atoms with E-state index in [1.165, 1.54) is 0 Å². The number of ether oxygens (including phenoxy) is 2. The van der Waals surface area contributed by atoms with Crippen LogP contribution in [0.25, 0.3) is 0 Å². The van der Waals surface area contributed by atoms with E-state index in [-0.39, 0.29) is 6.61 Å². The second-order valence-corrected chi connectivity index (χ2v) is 3.44. The standard InChI is InChI=1S/C13H16O4/c1-3-10-5-6-12(11(7-10)8-14)17-9-13(15)16-4-2/h5-8H,3-4,9H2,1-2H3. The second-order valence-electron chi connectivity index (χ2n) is 3.44. The maximum Gasteiger partial charge on any atom is 0.344 e. The topological polar surface area (TPSA) is 52.6 Å². The predicted octanol–water partition coefficient (Wildman–Crippen LogP) is 2.00. The van der Waals surface area contributed by atoms with Gasteiger partial charge in [0.15, 0.2) is 12.9 Å². The van der Waals surface area contributed by atoms with E-state index in [1.54, 1.807) is 19.1 Å². The predicted molar refractivity (Wildman–Crippen MR) is 63.3 cm³/mol. The molecule has 0 aliphatic heterocycles. The number of benzene rings is 1. The van der Waals surface area contributed by atoms with Gasteiger partial charge in [0, 0.05) is 0 Å². The Labute approximate surface area is 101 Å². The summed E-state index contributed by atoms with van der Waals surface area (Å²) < 4.78 is 9.97. The first kappa shape index (κ1) is 13.2. The highest BCUT2D eigenvalue weighted by atomic mass is 16.6. The number of aryl methyl sites for hydroxylation is 1. The molecule has 0 atom stereocenters. The van der Waals surface area contributed by atoms with Crippen LogP contribution in [-0.2, 0) is 16.0 Å². The number of rotatable bonds is 6. The third-order valence-corrected chi connectivity index (χ3v) is 2.26. The first-order valence-corrected chi connectivity index (χ1v) is 5.57. The summed E-state index contributed by atoms with van der Waals surface area (Å²) in [7, 11) is 0. The quantitative estimate of drug-likeness (QED) is 0.560. The fourth-order valence-corrected chi connectivity index (χ4v) is 1.38. The van der Waals surface area contributed by atoms with Crippen molar-refractivity contribution in [2.24, 2.45) is 0 Å². The van der Waals surface area contributed by atoms with Crippen LogP contribution in [-0.4, -0.2) is 25.5 Å². The van der Waals surface area contributed by atoms with E-state index in [0.29, 0.717) is 17.9 Å². The average molecular weight is 236 g/mol. The van der Waals surface area contributed by atoms with Crippen LogP contribution in [0.1, 0.15) is 29.8 Å². The molecule has 0 aliphatic carbocycles. The summed E-state index contributed by atoms with van der Waals surface area (Å²) in [6.45, 7) is 3.87. The van der Waals surface area contributed by atoms with Crippen molar-refractivity contribution in [2.75, 3.05) is 13.2 Å². The summed E-state index contributed by atoms with van der Waals surface area (Å²) in [5.74, 6) is -0.0332. The van der Waals surface area contributed by atoms with Gasteiger partial charge in [0.05, 0.1) is 12.2 Å². The van der Waals surface area contributed by atoms with Gasteiger partial charge in [-0.2, -0.15) is 0 Å². The molecule has 0 fully saturated rings. The highest BCUT2D eigenvalue weighted by molar-refractivity contribution is 5.80. The maximum absolute atomic E-state index is 11.1. The molecule has 0 aromatic heterocycles. The summed E-state index contributed by atoms with van der Waals surface area (Å²) in [5.41, 5.74) is 1.50. The Hall–Kier alpha value is -1.84. The van der Waals surface area contributed by atoms with E-state index in [1.807, 2.05) is 13.0 Å². The zero-order valence-electron chi connectivity index (χ0n) is 10.1. The van der Waals surface area contributed by atoms with E-state index in [4.69, 9.17) is 9.47 Å². The number of hydrogen-bond donors (Lipinski definition) is 0. The Balaban J connectivity index is 2.70. The van der Waals surface area contributed by atoms with Crippen molar-refractivity contribution < 1.29 is 19.1 Å². The number of carbonyl (C=O) groups excluding carboxylic acids is 2. The Bertz CT molecular complexity index is 398. The number of esters is 1. The molecule has 92 valence electrons. The monoisotopic (exact) mass is 236 g/mol. The normalized spacial score (nSPS) is 9.76. The molecule has 1 aromatic carbocycles. The summed E-state index contributed by atoms with van der Waals surface area (Å²) >= 11 is 0. The van der Waals surface area contributed by atoms with Gasteiger partial charge < -0.3 is 9.47 Å². The molecule has 0 heterocycles. The van der Waals surface area contributed by atoms with E-state index >= 15 is 0 Å². The molecule has 0 radical (unpaired) electrons. The molecule has 0 bridgehead atoms. The zero-order chi connectivity index (χ0) is 12.7. The van der Waals surface area contributed by atoms with Crippen LogP contribution in [0.5, 0.6) is 5.75 Å². The van der Waals surface area contributed by atoms with Crippen molar-refractivity contribution in [3.63, 3.8) is 0 Å². The van der Waals surface area contributed by atoms with Gasteiger partial charge >= 0.3 is 5.97 Å². The SMILES string of the molecule is CCOC(=O)COc1ccc(CC)cc1C=O. The number of hydrogen-bond acceptors (Lipinski definition) is 4. The average Bonchev–Trinajstić information content (AvgIpc) is 2.36. The third kappa shape index (κ3) is 3.90. The third-order valence-electron chi connectivity index (χ3n) is 2.26. The molecule has 0 unspecified atom stereocenters. The lowest BCUT2D eigenvalue weighted by Gasteiger charge is -2.08. The molecule has 0 aliphatic rings. The van der Waals surface area contributed by atoms with Crippen LogP contribution in [0.15, 0.2) is 18.2 Å². The lowest BCUT2D eigenvalue weighted by molar-refractivity contribution is -0.145. The summed E-state index contributed by atoms with van der Waals surface area (Å²) in [6.07, 6.45) is 1.57. The van der Waals surface area contributed by atoms with E-state index < -0.39 is 5.97 Å². The smallest absolute Gasteiger partial charge is 0.344 e. The summed E-state index contributed by atoms with van der Waals surface area (Å²) in [4.78, 5) is 22.0. The Kier molecular flexibility index (Phi) is 5.20. The van der Waals surface area contributed by atoms with Gasteiger partial charge in [-0.3, -0.25) is 4.79 Å². The van der Waals surface area contributed by atoms with E-state index in [0.717, 1.165) is 18.3 Å². The van der Waals surface area contributed by atoms with Gasteiger partial charge in [0.2, 0.25) is 0 Å². The zero-order valence-corrected chi connectivity index (χ0v) is 10.1. The molecule has 1 aromatic rings. The lowest BCUT2D eigenvalue weighted by Crippen LogP contribution is -2.15. The Morgan fingerprint density at radius 3 is 2.71 bits per heavy atom. The fraction of sp³-hybridized carbons (Fsp3) is 0.385. The summed E-state index contributed by atoms with van der Waals surface area (Å²) in [5, 5.41) is 0. The molecule has 0 N–H and O–H groups in total. The molecule has 17 heavy (non-hydrogen) atoms. The minimum atomic E-state index is -0.441. The summed E-state index contributed by atoms with van der Waals surface area (Å²) in [6, 6.07) is 5.32. The molecule has 0 saturated heterocycles. The van der Waals surface area contributed by atoms with E-state index in [2.05, 4.69) is 0 Å². The molecular weight excluding hydrogens is 220 g/mol. The van der Waals surface area contributed by atoms with Crippen molar-refractivity contribution in [1.29, 1.82) is 0 Å². The number of aldehydes is 1. The van der Waals surface area contributed by atoms with Gasteiger partial charge in [-0.1, -0.05) is 13.0 Å². The second kappa shape index (κ2) is 6.68. The molecule has 0 amide bonds. The first-order chi connectivity index (χ1) is 8.21. The molecule has 0 spiro atoms. The minimum Gasteiger partial charge on any atom is -0.481 e. The molecule has 4 nitrogen and oxygen atoms in total. The van der Waals surface area contributed by atoms with Gasteiger partial charge in [0.25, 0.3) is 0 Å². The largest absolute Gasteiger partial charge is 0.481 e. The maximum atomic E-state index is 11.1. The van der Waals surface area contributed by atoms with Crippen molar-refractivity contribution in [2.45, 2.75) is 20.3 Å². The van der Waals surface area contributed by atoms with Crippen molar-refractivity contribution in [3.8, 4) is 5.75 Å². The van der Waals surface area contributed by atoms with E-state index in [9.17, 15) is 9.59 Å². The molecule has 4 heteroatoms. The van der Waals surface area contributed by atoms with Crippen LogP contribution in [0.2, 0.25) is 0 Å². The van der Waals surface area contributed by atoms with Crippen LogP contribution >= 0.6 is 0 Å². The highest BCUT2D eigenvalue weighted by Gasteiger charge is 2.07. The van der Waals surface area contributed by atoms with Crippen LogP contribution < -0.4 is 4.74 Å². The van der Waals surface area contributed by atoms with Gasteiger partial charge in [-0.15, -0.1) is 0 Å². The van der Waals surface area contributed by atoms with Crippen molar-refractivity contribution in [3.05, 3.63) is 29.3 Å². The van der Waals surface area contributed by atoms with Gasteiger partial charge in [-0.25, -0.2) is 4.79 Å². The van der Waals surface area contributed by atoms with Gasteiger partial charge in [-0.05, 0) is 31.0 Å². The lowest BCUT2D eigenvalue weighted by atomic mass is 10.1. The van der Waals surface area contributed by atoms with Crippen molar-refractivity contribution >= 4 is 12.3 Å². The minimum absolute atomic E-state index is 0.180. The number of carbonyl (C=O) groups is 2. The Morgan fingerprint density at radius 1 is 1.35 bits per heavy atom. The first-order valence-electron chi connectivity index (χ1n) is 5.57. The van der Waals surface area contributed by atoms with Crippen molar-refractivity contribution in [1.82, 2.24) is 0 Å². The Morgan fingerprint density at radius 2 is 2.12 bits per heavy atom.